The highest BCUT2D eigenvalue weighted by molar-refractivity contribution is 8.00. The van der Waals surface area contributed by atoms with Crippen molar-refractivity contribution in [3.63, 3.8) is 0 Å². The first-order valence-corrected chi connectivity index (χ1v) is 7.66. The lowest BCUT2D eigenvalue weighted by atomic mass is 10.1. The summed E-state index contributed by atoms with van der Waals surface area (Å²) in [5.74, 6) is 0. The number of nitrogens with zero attached hydrogens (tertiary/aromatic N) is 1. The molecule has 0 bridgehead atoms. The lowest BCUT2D eigenvalue weighted by molar-refractivity contribution is 0.507. The van der Waals surface area contributed by atoms with Crippen molar-refractivity contribution < 1.29 is 0 Å². The van der Waals surface area contributed by atoms with E-state index in [4.69, 9.17) is 0 Å². The molecule has 0 aliphatic carbocycles. The molecule has 1 rings (SSSR count). The molecule has 1 heterocycles. The van der Waals surface area contributed by atoms with E-state index >= 15 is 0 Å². The smallest absolute Gasteiger partial charge is 0.0573 e. The molecule has 1 aromatic heterocycles. The first-order chi connectivity index (χ1) is 8.46. The Balaban J connectivity index is 2.68. The number of hydrogen-bond donors (Lipinski definition) is 1. The zero-order valence-corrected chi connectivity index (χ0v) is 13.1. The Morgan fingerprint density at radius 3 is 2.44 bits per heavy atom. The fourth-order valence-corrected chi connectivity index (χ4v) is 2.74. The average molecular weight is 266 g/mol. The molecule has 0 aromatic carbocycles. The van der Waals surface area contributed by atoms with Crippen molar-refractivity contribution in [2.45, 2.75) is 63.1 Å². The van der Waals surface area contributed by atoms with E-state index in [-0.39, 0.29) is 4.75 Å². The number of nitrogens with one attached hydrogen (secondary N) is 1. The molecule has 0 spiro atoms. The van der Waals surface area contributed by atoms with Gasteiger partial charge in [-0.1, -0.05) is 34.6 Å². The van der Waals surface area contributed by atoms with Crippen molar-refractivity contribution >= 4 is 11.8 Å². The zero-order valence-electron chi connectivity index (χ0n) is 12.3. The van der Waals surface area contributed by atoms with Gasteiger partial charge in [-0.3, -0.25) is 4.98 Å². The number of pyridine rings is 1. The van der Waals surface area contributed by atoms with Crippen LogP contribution in [0.1, 0.15) is 59.2 Å². The highest BCUT2D eigenvalue weighted by Gasteiger charge is 2.13. The molecule has 0 saturated heterocycles. The summed E-state index contributed by atoms with van der Waals surface area (Å²) < 4.78 is 0.244. The maximum Gasteiger partial charge on any atom is 0.0573 e. The summed E-state index contributed by atoms with van der Waals surface area (Å²) in [6, 6.07) is 4.73. The van der Waals surface area contributed by atoms with Crippen LogP contribution in [0.25, 0.3) is 0 Å². The molecule has 1 aromatic rings. The molecular weight excluding hydrogens is 240 g/mol. The van der Waals surface area contributed by atoms with Crippen molar-refractivity contribution in [2.24, 2.45) is 0 Å². The van der Waals surface area contributed by atoms with Crippen LogP contribution in [-0.4, -0.2) is 16.3 Å². The second-order valence-electron chi connectivity index (χ2n) is 5.55. The molecule has 2 nitrogen and oxygen atoms in total. The van der Waals surface area contributed by atoms with Gasteiger partial charge in [0.25, 0.3) is 0 Å². The van der Waals surface area contributed by atoms with Gasteiger partial charge in [0, 0.05) is 21.9 Å². The van der Waals surface area contributed by atoms with Gasteiger partial charge in [-0.05, 0) is 31.5 Å². The SMILES string of the molecule is CCCNC(CC)c1ccc(SC(C)(C)C)cn1. The van der Waals surface area contributed by atoms with Crippen LogP contribution in [0, 0.1) is 0 Å². The lowest BCUT2D eigenvalue weighted by Crippen LogP contribution is -2.22. The molecule has 1 atom stereocenters. The van der Waals surface area contributed by atoms with Crippen LogP contribution >= 0.6 is 11.8 Å². The van der Waals surface area contributed by atoms with Gasteiger partial charge in [0.15, 0.2) is 0 Å². The molecule has 1 unspecified atom stereocenters. The fourth-order valence-electron chi connectivity index (χ4n) is 1.79. The standard InChI is InChI=1S/C15H26N2S/c1-6-10-16-13(7-2)14-9-8-12(11-17-14)18-15(3,4)5/h8-9,11,13,16H,6-7,10H2,1-5H3. The summed E-state index contributed by atoms with van der Waals surface area (Å²) in [6.45, 7) is 12.1. The minimum atomic E-state index is 0.244. The predicted molar refractivity (Wildman–Crippen MR) is 81.2 cm³/mol. The van der Waals surface area contributed by atoms with E-state index in [9.17, 15) is 0 Å². The third kappa shape index (κ3) is 5.40. The summed E-state index contributed by atoms with van der Waals surface area (Å²) in [6.07, 6.45) is 4.24. The molecule has 3 heteroatoms. The largest absolute Gasteiger partial charge is 0.309 e. The second kappa shape index (κ2) is 7.15. The minimum Gasteiger partial charge on any atom is -0.309 e. The Bertz CT molecular complexity index is 341. The highest BCUT2D eigenvalue weighted by Crippen LogP contribution is 2.31. The molecule has 0 fully saturated rings. The van der Waals surface area contributed by atoms with Crippen LogP contribution in [-0.2, 0) is 0 Å². The number of aromatic nitrogens is 1. The van der Waals surface area contributed by atoms with Gasteiger partial charge in [-0.2, -0.15) is 0 Å². The lowest BCUT2D eigenvalue weighted by Gasteiger charge is -2.19. The van der Waals surface area contributed by atoms with Crippen LogP contribution in [0.3, 0.4) is 0 Å². The summed E-state index contributed by atoms with van der Waals surface area (Å²) in [4.78, 5) is 5.85. The van der Waals surface area contributed by atoms with Crippen LogP contribution in [0.15, 0.2) is 23.2 Å². The Morgan fingerprint density at radius 1 is 1.28 bits per heavy atom. The third-order valence-electron chi connectivity index (χ3n) is 2.59. The van der Waals surface area contributed by atoms with Crippen molar-refractivity contribution in [2.75, 3.05) is 6.54 Å². The van der Waals surface area contributed by atoms with Gasteiger partial charge in [0.2, 0.25) is 0 Å². The van der Waals surface area contributed by atoms with Crippen LogP contribution in [0.4, 0.5) is 0 Å². The van der Waals surface area contributed by atoms with Crippen molar-refractivity contribution in [3.8, 4) is 0 Å². The Hall–Kier alpha value is -0.540. The van der Waals surface area contributed by atoms with E-state index < -0.39 is 0 Å². The second-order valence-corrected chi connectivity index (χ2v) is 7.45. The first kappa shape index (κ1) is 15.5. The summed E-state index contributed by atoms with van der Waals surface area (Å²) in [7, 11) is 0. The molecule has 0 radical (unpaired) electrons. The molecule has 18 heavy (non-hydrogen) atoms. The Morgan fingerprint density at radius 2 is 2.00 bits per heavy atom. The van der Waals surface area contributed by atoms with Gasteiger partial charge >= 0.3 is 0 Å². The molecule has 0 amide bonds. The quantitative estimate of drug-likeness (QED) is 0.771. The summed E-state index contributed by atoms with van der Waals surface area (Å²) in [5.41, 5.74) is 1.16. The van der Waals surface area contributed by atoms with Gasteiger partial charge < -0.3 is 5.32 Å². The van der Waals surface area contributed by atoms with E-state index in [1.807, 2.05) is 18.0 Å². The minimum absolute atomic E-state index is 0.244. The third-order valence-corrected chi connectivity index (χ3v) is 3.68. The predicted octanol–water partition coefficient (Wildman–Crippen LogP) is 4.42. The summed E-state index contributed by atoms with van der Waals surface area (Å²) in [5, 5.41) is 3.53. The van der Waals surface area contributed by atoms with E-state index in [0.717, 1.165) is 25.1 Å². The fraction of sp³-hybridized carbons (Fsp3) is 0.667. The van der Waals surface area contributed by atoms with Crippen molar-refractivity contribution in [1.82, 2.24) is 10.3 Å². The Labute approximate surface area is 116 Å². The van der Waals surface area contributed by atoms with Crippen LogP contribution in [0.5, 0.6) is 0 Å². The molecule has 102 valence electrons. The average Bonchev–Trinajstić information content (AvgIpc) is 2.30. The Kier molecular flexibility index (Phi) is 6.16. The molecule has 0 aliphatic heterocycles. The number of thioether (sulfide) groups is 1. The number of hydrogen-bond acceptors (Lipinski definition) is 3. The topological polar surface area (TPSA) is 24.9 Å². The van der Waals surface area contributed by atoms with Gasteiger partial charge in [-0.25, -0.2) is 0 Å². The molecule has 0 saturated carbocycles. The maximum atomic E-state index is 4.60. The van der Waals surface area contributed by atoms with Gasteiger partial charge in [0.1, 0.15) is 0 Å². The highest BCUT2D eigenvalue weighted by atomic mass is 32.2. The van der Waals surface area contributed by atoms with E-state index in [0.29, 0.717) is 6.04 Å². The van der Waals surface area contributed by atoms with E-state index in [2.05, 4.69) is 57.1 Å². The normalized spacial score (nSPS) is 13.6. The van der Waals surface area contributed by atoms with E-state index in [1.54, 1.807) is 0 Å². The van der Waals surface area contributed by atoms with Gasteiger partial charge in [0.05, 0.1) is 5.69 Å². The van der Waals surface area contributed by atoms with Gasteiger partial charge in [-0.15, -0.1) is 11.8 Å². The summed E-state index contributed by atoms with van der Waals surface area (Å²) >= 11 is 1.86. The first-order valence-electron chi connectivity index (χ1n) is 6.84. The molecule has 1 N–H and O–H groups in total. The van der Waals surface area contributed by atoms with Crippen LogP contribution in [0.2, 0.25) is 0 Å². The molecular formula is C15H26N2S. The van der Waals surface area contributed by atoms with E-state index in [1.165, 1.54) is 4.90 Å². The van der Waals surface area contributed by atoms with Crippen molar-refractivity contribution in [1.29, 1.82) is 0 Å². The van der Waals surface area contributed by atoms with Crippen LogP contribution < -0.4 is 5.32 Å². The maximum absolute atomic E-state index is 4.60. The monoisotopic (exact) mass is 266 g/mol. The number of rotatable bonds is 6. The van der Waals surface area contributed by atoms with Crippen molar-refractivity contribution in [3.05, 3.63) is 24.0 Å². The zero-order chi connectivity index (χ0) is 13.6. The molecule has 0 aliphatic rings.